The standard InChI is InChI=1S/C15H14F3NO4S/c1-22-12-7-8-14(13(9-12)23-2)24(20,21)19-11-5-3-10(4-6-11)15(16,17)18/h3-9,19H,1-2H3. The number of hydrogen-bond donors (Lipinski definition) is 1. The first-order chi connectivity index (χ1) is 11.2. The first kappa shape index (κ1) is 17.9. The minimum atomic E-state index is -4.49. The van der Waals surface area contributed by atoms with Gasteiger partial charge in [-0.3, -0.25) is 4.72 Å². The van der Waals surface area contributed by atoms with Crippen LogP contribution in [-0.2, 0) is 16.2 Å². The van der Waals surface area contributed by atoms with Gasteiger partial charge in [0.05, 0.1) is 19.8 Å². The van der Waals surface area contributed by atoms with E-state index in [0.717, 1.165) is 24.3 Å². The van der Waals surface area contributed by atoms with E-state index in [9.17, 15) is 21.6 Å². The third-order valence-electron chi connectivity index (χ3n) is 3.12. The van der Waals surface area contributed by atoms with E-state index < -0.39 is 21.8 Å². The average molecular weight is 361 g/mol. The Bertz CT molecular complexity index is 818. The van der Waals surface area contributed by atoms with Crippen LogP contribution in [0.3, 0.4) is 0 Å². The van der Waals surface area contributed by atoms with E-state index in [2.05, 4.69) is 4.72 Å². The molecule has 5 nitrogen and oxygen atoms in total. The molecule has 0 saturated carbocycles. The molecule has 0 amide bonds. The second-order valence-electron chi connectivity index (χ2n) is 4.70. The van der Waals surface area contributed by atoms with Crippen LogP contribution >= 0.6 is 0 Å². The molecule has 9 heteroatoms. The smallest absolute Gasteiger partial charge is 0.416 e. The van der Waals surface area contributed by atoms with E-state index in [-0.39, 0.29) is 16.3 Å². The molecule has 130 valence electrons. The molecule has 0 atom stereocenters. The van der Waals surface area contributed by atoms with Crippen LogP contribution in [0.2, 0.25) is 0 Å². The molecule has 0 fully saturated rings. The average Bonchev–Trinajstić information content (AvgIpc) is 2.53. The zero-order chi connectivity index (χ0) is 18.0. The van der Waals surface area contributed by atoms with E-state index in [1.165, 1.54) is 32.4 Å². The highest BCUT2D eigenvalue weighted by atomic mass is 32.2. The maximum absolute atomic E-state index is 12.5. The van der Waals surface area contributed by atoms with Gasteiger partial charge < -0.3 is 9.47 Å². The molecule has 0 aliphatic rings. The van der Waals surface area contributed by atoms with E-state index in [1.54, 1.807) is 0 Å². The van der Waals surface area contributed by atoms with Crippen LogP contribution in [0.15, 0.2) is 47.4 Å². The molecule has 24 heavy (non-hydrogen) atoms. The Labute approximate surface area is 137 Å². The summed E-state index contributed by atoms with van der Waals surface area (Å²) in [6.45, 7) is 0. The van der Waals surface area contributed by atoms with Gasteiger partial charge in [0.2, 0.25) is 0 Å². The van der Waals surface area contributed by atoms with Gasteiger partial charge in [0.15, 0.2) is 0 Å². The highest BCUT2D eigenvalue weighted by Gasteiger charge is 2.30. The molecule has 0 heterocycles. The Morgan fingerprint density at radius 1 is 0.958 bits per heavy atom. The first-order valence-electron chi connectivity index (χ1n) is 6.59. The summed E-state index contributed by atoms with van der Waals surface area (Å²) < 4.78 is 74.6. The van der Waals surface area contributed by atoms with Crippen molar-refractivity contribution in [3.05, 3.63) is 48.0 Å². The topological polar surface area (TPSA) is 64.6 Å². The summed E-state index contributed by atoms with van der Waals surface area (Å²) in [5.41, 5.74) is -0.867. The van der Waals surface area contributed by atoms with Gasteiger partial charge in [-0.2, -0.15) is 13.2 Å². The van der Waals surface area contributed by atoms with Crippen LogP contribution in [0.4, 0.5) is 18.9 Å². The number of sulfonamides is 1. The van der Waals surface area contributed by atoms with E-state index in [1.807, 2.05) is 0 Å². The zero-order valence-electron chi connectivity index (χ0n) is 12.7. The van der Waals surface area contributed by atoms with Crippen LogP contribution in [0.1, 0.15) is 5.56 Å². The van der Waals surface area contributed by atoms with Crippen molar-refractivity contribution >= 4 is 15.7 Å². The number of benzene rings is 2. The van der Waals surface area contributed by atoms with E-state index in [0.29, 0.717) is 5.75 Å². The molecule has 0 saturated heterocycles. The Balaban J connectivity index is 2.32. The molecule has 0 aliphatic heterocycles. The van der Waals surface area contributed by atoms with Crippen LogP contribution in [0.5, 0.6) is 11.5 Å². The molecule has 2 aromatic rings. The number of anilines is 1. The summed E-state index contributed by atoms with van der Waals surface area (Å²) in [4.78, 5) is -0.161. The lowest BCUT2D eigenvalue weighted by molar-refractivity contribution is -0.137. The van der Waals surface area contributed by atoms with Gasteiger partial charge >= 0.3 is 6.18 Å². The number of alkyl halides is 3. The SMILES string of the molecule is COc1ccc(S(=O)(=O)Nc2ccc(C(F)(F)F)cc2)c(OC)c1. The van der Waals surface area contributed by atoms with E-state index >= 15 is 0 Å². The molecule has 1 N–H and O–H groups in total. The predicted octanol–water partition coefficient (Wildman–Crippen LogP) is 3.52. The zero-order valence-corrected chi connectivity index (χ0v) is 13.5. The predicted molar refractivity (Wildman–Crippen MR) is 81.8 cm³/mol. The number of rotatable bonds is 5. The molecule has 0 radical (unpaired) electrons. The van der Waals surface area contributed by atoms with Gasteiger partial charge in [0.25, 0.3) is 10.0 Å². The first-order valence-corrected chi connectivity index (χ1v) is 8.08. The number of nitrogens with one attached hydrogen (secondary N) is 1. The van der Waals surface area contributed by atoms with Crippen molar-refractivity contribution < 1.29 is 31.1 Å². The van der Waals surface area contributed by atoms with Gasteiger partial charge in [-0.05, 0) is 36.4 Å². The van der Waals surface area contributed by atoms with Crippen LogP contribution in [0, 0.1) is 0 Å². The highest BCUT2D eigenvalue weighted by molar-refractivity contribution is 7.92. The Hall–Kier alpha value is -2.42. The molecule has 0 aromatic heterocycles. The maximum Gasteiger partial charge on any atom is 0.416 e. The van der Waals surface area contributed by atoms with E-state index in [4.69, 9.17) is 9.47 Å². The van der Waals surface area contributed by atoms with Gasteiger partial charge in [0.1, 0.15) is 16.4 Å². The molecule has 0 unspecified atom stereocenters. The van der Waals surface area contributed by atoms with Gasteiger partial charge in [-0.15, -0.1) is 0 Å². The Morgan fingerprint density at radius 2 is 1.58 bits per heavy atom. The number of halogens is 3. The summed E-state index contributed by atoms with van der Waals surface area (Å²) >= 11 is 0. The lowest BCUT2D eigenvalue weighted by Crippen LogP contribution is -2.14. The van der Waals surface area contributed by atoms with Crippen molar-refractivity contribution in [3.8, 4) is 11.5 Å². The molecule has 0 spiro atoms. The third kappa shape index (κ3) is 3.91. The highest BCUT2D eigenvalue weighted by Crippen LogP contribution is 2.32. The van der Waals surface area contributed by atoms with Crippen molar-refractivity contribution in [2.45, 2.75) is 11.1 Å². The number of methoxy groups -OCH3 is 2. The minimum Gasteiger partial charge on any atom is -0.497 e. The fraction of sp³-hybridized carbons (Fsp3) is 0.200. The molecule has 2 rings (SSSR count). The number of hydrogen-bond acceptors (Lipinski definition) is 4. The number of ether oxygens (including phenoxy) is 2. The van der Waals surface area contributed by atoms with Crippen molar-refractivity contribution in [1.29, 1.82) is 0 Å². The molecule has 0 aliphatic carbocycles. The summed E-state index contributed by atoms with van der Waals surface area (Å²) in [7, 11) is -1.32. The van der Waals surface area contributed by atoms with Crippen molar-refractivity contribution in [2.75, 3.05) is 18.9 Å². The summed E-state index contributed by atoms with van der Waals surface area (Å²) in [6.07, 6.45) is -4.49. The fourth-order valence-corrected chi connectivity index (χ4v) is 3.14. The molecule has 2 aromatic carbocycles. The Kier molecular flexibility index (Phi) is 4.93. The summed E-state index contributed by atoms with van der Waals surface area (Å²) in [6, 6.07) is 7.77. The fourth-order valence-electron chi connectivity index (χ4n) is 1.93. The normalized spacial score (nSPS) is 11.9. The van der Waals surface area contributed by atoms with Gasteiger partial charge in [-0.25, -0.2) is 8.42 Å². The lowest BCUT2D eigenvalue weighted by Gasteiger charge is -2.13. The Morgan fingerprint density at radius 3 is 2.08 bits per heavy atom. The van der Waals surface area contributed by atoms with Crippen LogP contribution in [-0.4, -0.2) is 22.6 Å². The monoisotopic (exact) mass is 361 g/mol. The van der Waals surface area contributed by atoms with Crippen molar-refractivity contribution in [2.24, 2.45) is 0 Å². The van der Waals surface area contributed by atoms with Crippen molar-refractivity contribution in [1.82, 2.24) is 0 Å². The van der Waals surface area contributed by atoms with Gasteiger partial charge in [0, 0.05) is 11.8 Å². The molecule has 0 bridgehead atoms. The second kappa shape index (κ2) is 6.60. The maximum atomic E-state index is 12.5. The summed E-state index contributed by atoms with van der Waals surface area (Å²) in [5, 5.41) is 0. The van der Waals surface area contributed by atoms with Crippen molar-refractivity contribution in [3.63, 3.8) is 0 Å². The quantitative estimate of drug-likeness (QED) is 0.885. The lowest BCUT2D eigenvalue weighted by atomic mass is 10.2. The minimum absolute atomic E-state index is 0.000807. The van der Waals surface area contributed by atoms with Crippen LogP contribution in [0.25, 0.3) is 0 Å². The molecular weight excluding hydrogens is 347 g/mol. The molecular formula is C15H14F3NO4S. The second-order valence-corrected chi connectivity index (χ2v) is 6.35. The van der Waals surface area contributed by atoms with Crippen LogP contribution < -0.4 is 14.2 Å². The largest absolute Gasteiger partial charge is 0.497 e. The van der Waals surface area contributed by atoms with Gasteiger partial charge in [-0.1, -0.05) is 0 Å². The summed E-state index contributed by atoms with van der Waals surface area (Å²) in [5.74, 6) is 0.453. The third-order valence-corrected chi connectivity index (χ3v) is 4.55.